The normalized spacial score (nSPS) is 20.4. The second-order valence-electron chi connectivity index (χ2n) is 4.22. The number of hydrazine groups is 1. The molecule has 1 aromatic heterocycles. The standard InChI is InChI=1S/C9H14N4O6S2/c10-11-9-7(13(15)16)3-8(20-9)21(17,18)12-1-2-19-6(4-12)5-14/h3,6,11,14H,1-2,4-5,10H2. The second-order valence-corrected chi connectivity index (χ2v) is 7.44. The third kappa shape index (κ3) is 3.14. The van der Waals surface area contributed by atoms with E-state index < -0.39 is 26.7 Å². The van der Waals surface area contributed by atoms with E-state index >= 15 is 0 Å². The van der Waals surface area contributed by atoms with Crippen LogP contribution in [0.25, 0.3) is 0 Å². The average Bonchev–Trinajstić information content (AvgIpc) is 2.92. The first kappa shape index (κ1) is 16.1. The molecule has 0 aromatic carbocycles. The molecule has 2 rings (SSSR count). The van der Waals surface area contributed by atoms with Gasteiger partial charge in [-0.1, -0.05) is 11.3 Å². The van der Waals surface area contributed by atoms with E-state index in [4.69, 9.17) is 15.7 Å². The number of rotatable bonds is 5. The molecule has 0 spiro atoms. The quantitative estimate of drug-likeness (QED) is 0.363. The fourth-order valence-electron chi connectivity index (χ4n) is 1.87. The third-order valence-electron chi connectivity index (χ3n) is 2.92. The van der Waals surface area contributed by atoms with Crippen molar-refractivity contribution >= 4 is 32.0 Å². The van der Waals surface area contributed by atoms with E-state index in [1.807, 2.05) is 0 Å². The second kappa shape index (κ2) is 6.21. The first-order valence-corrected chi connectivity index (χ1v) is 8.13. The summed E-state index contributed by atoms with van der Waals surface area (Å²) in [5.74, 6) is 5.16. The Morgan fingerprint density at radius 1 is 1.67 bits per heavy atom. The summed E-state index contributed by atoms with van der Waals surface area (Å²) >= 11 is 0.687. The number of sulfonamides is 1. The molecule has 0 saturated carbocycles. The van der Waals surface area contributed by atoms with Gasteiger partial charge in [-0.25, -0.2) is 14.3 Å². The van der Waals surface area contributed by atoms with Crippen LogP contribution >= 0.6 is 11.3 Å². The van der Waals surface area contributed by atoms with Crippen LogP contribution in [-0.2, 0) is 14.8 Å². The minimum Gasteiger partial charge on any atom is -0.394 e. The number of nitrogen functional groups attached to an aromatic ring is 1. The molecule has 0 radical (unpaired) electrons. The zero-order valence-electron chi connectivity index (χ0n) is 10.8. The lowest BCUT2D eigenvalue weighted by molar-refractivity contribution is -0.383. The Labute approximate surface area is 124 Å². The number of hydrogen-bond donors (Lipinski definition) is 3. The van der Waals surface area contributed by atoms with Crippen LogP contribution in [0.15, 0.2) is 10.3 Å². The number of nitrogens with zero attached hydrogens (tertiary/aromatic N) is 2. The maximum atomic E-state index is 12.5. The number of thiophene rings is 1. The number of morpholine rings is 1. The number of anilines is 1. The SMILES string of the molecule is NNc1sc(S(=O)(=O)N2CCOC(CO)C2)cc1[N+](=O)[O-]. The van der Waals surface area contributed by atoms with E-state index in [2.05, 4.69) is 5.43 Å². The molecule has 1 saturated heterocycles. The van der Waals surface area contributed by atoms with Crippen LogP contribution in [-0.4, -0.2) is 55.2 Å². The summed E-state index contributed by atoms with van der Waals surface area (Å²) in [4.78, 5) is 10.1. The van der Waals surface area contributed by atoms with Crippen molar-refractivity contribution in [2.75, 3.05) is 31.7 Å². The Bertz CT molecular complexity index is 630. The number of ether oxygens (including phenoxy) is 1. The fourth-order valence-corrected chi connectivity index (χ4v) is 4.72. The van der Waals surface area contributed by atoms with Crippen LogP contribution in [0.4, 0.5) is 10.7 Å². The van der Waals surface area contributed by atoms with Gasteiger partial charge in [0.05, 0.1) is 24.2 Å². The van der Waals surface area contributed by atoms with Gasteiger partial charge in [0.2, 0.25) is 0 Å². The zero-order chi connectivity index (χ0) is 15.6. The van der Waals surface area contributed by atoms with Gasteiger partial charge < -0.3 is 15.3 Å². The first-order valence-electron chi connectivity index (χ1n) is 5.87. The van der Waals surface area contributed by atoms with Crippen molar-refractivity contribution in [1.82, 2.24) is 4.31 Å². The van der Waals surface area contributed by atoms with Crippen LogP contribution in [0.3, 0.4) is 0 Å². The van der Waals surface area contributed by atoms with Crippen molar-refractivity contribution in [3.63, 3.8) is 0 Å². The van der Waals surface area contributed by atoms with Gasteiger partial charge in [-0.2, -0.15) is 4.31 Å². The highest BCUT2D eigenvalue weighted by Gasteiger charge is 2.34. The minimum absolute atomic E-state index is 0.00405. The molecule has 2 heterocycles. The molecule has 0 amide bonds. The van der Waals surface area contributed by atoms with Crippen LogP contribution in [0, 0.1) is 10.1 Å². The van der Waals surface area contributed by atoms with Crippen LogP contribution in [0.2, 0.25) is 0 Å². The lowest BCUT2D eigenvalue weighted by atomic mass is 10.3. The summed E-state index contributed by atoms with van der Waals surface area (Å²) in [6.45, 7) is -0.0298. The number of nitro groups is 1. The molecule has 1 unspecified atom stereocenters. The molecule has 1 aliphatic rings. The van der Waals surface area contributed by atoms with Crippen LogP contribution < -0.4 is 11.3 Å². The largest absolute Gasteiger partial charge is 0.394 e. The maximum Gasteiger partial charge on any atom is 0.306 e. The highest BCUT2D eigenvalue weighted by Crippen LogP contribution is 2.37. The lowest BCUT2D eigenvalue weighted by Crippen LogP contribution is -2.46. The van der Waals surface area contributed by atoms with Crippen molar-refractivity contribution in [3.05, 3.63) is 16.2 Å². The van der Waals surface area contributed by atoms with Crippen LogP contribution in [0.5, 0.6) is 0 Å². The van der Waals surface area contributed by atoms with E-state index in [9.17, 15) is 18.5 Å². The van der Waals surface area contributed by atoms with E-state index in [-0.39, 0.29) is 35.5 Å². The first-order chi connectivity index (χ1) is 9.90. The topological polar surface area (TPSA) is 148 Å². The number of nitrogens with two attached hydrogens (primary N) is 1. The molecule has 12 heteroatoms. The van der Waals surface area contributed by atoms with Crippen LogP contribution in [0.1, 0.15) is 0 Å². The van der Waals surface area contributed by atoms with Crippen molar-refractivity contribution < 1.29 is 23.2 Å². The van der Waals surface area contributed by atoms with Crippen molar-refractivity contribution in [2.45, 2.75) is 10.3 Å². The minimum atomic E-state index is -3.89. The summed E-state index contributed by atoms with van der Waals surface area (Å²) in [6, 6.07) is 0.971. The molecular formula is C9H14N4O6S2. The predicted octanol–water partition coefficient (Wildman–Crippen LogP) is -0.676. The molecular weight excluding hydrogens is 324 g/mol. The summed E-state index contributed by atoms with van der Waals surface area (Å²) in [7, 11) is -3.89. The lowest BCUT2D eigenvalue weighted by Gasteiger charge is -2.30. The van der Waals surface area contributed by atoms with Gasteiger partial charge in [0.15, 0.2) is 5.00 Å². The van der Waals surface area contributed by atoms with E-state index in [0.717, 1.165) is 10.4 Å². The Kier molecular flexibility index (Phi) is 4.75. The predicted molar refractivity (Wildman–Crippen MR) is 74.4 cm³/mol. The molecule has 4 N–H and O–H groups in total. The summed E-state index contributed by atoms with van der Waals surface area (Å²) in [5, 5.41) is 19.9. The Hall–Kier alpha value is -1.31. The summed E-state index contributed by atoms with van der Waals surface area (Å²) in [5.41, 5.74) is 1.73. The zero-order valence-corrected chi connectivity index (χ0v) is 12.4. The smallest absolute Gasteiger partial charge is 0.306 e. The molecule has 1 fully saturated rings. The molecule has 1 aromatic rings. The van der Waals surface area contributed by atoms with Crippen molar-refractivity contribution in [2.24, 2.45) is 5.84 Å². The van der Waals surface area contributed by atoms with Crippen molar-refractivity contribution in [1.29, 1.82) is 0 Å². The van der Waals surface area contributed by atoms with E-state index in [1.165, 1.54) is 0 Å². The molecule has 21 heavy (non-hydrogen) atoms. The van der Waals surface area contributed by atoms with E-state index in [0.29, 0.717) is 11.3 Å². The number of hydrogen-bond acceptors (Lipinski definition) is 9. The Balaban J connectivity index is 2.33. The van der Waals surface area contributed by atoms with Gasteiger partial charge in [0.25, 0.3) is 10.0 Å². The van der Waals surface area contributed by atoms with Gasteiger partial charge >= 0.3 is 5.69 Å². The molecule has 0 bridgehead atoms. The number of aliphatic hydroxyl groups is 1. The third-order valence-corrected chi connectivity index (χ3v) is 6.29. The highest BCUT2D eigenvalue weighted by atomic mass is 32.2. The monoisotopic (exact) mass is 338 g/mol. The van der Waals surface area contributed by atoms with Gasteiger partial charge in [0, 0.05) is 19.2 Å². The number of aliphatic hydroxyl groups excluding tert-OH is 1. The summed E-state index contributed by atoms with van der Waals surface area (Å²) in [6.07, 6.45) is -0.601. The fraction of sp³-hybridized carbons (Fsp3) is 0.556. The van der Waals surface area contributed by atoms with E-state index in [1.54, 1.807) is 0 Å². The number of nitrogens with one attached hydrogen (secondary N) is 1. The van der Waals surface area contributed by atoms with Gasteiger partial charge in [-0.3, -0.25) is 10.1 Å². The Morgan fingerprint density at radius 3 is 2.90 bits per heavy atom. The average molecular weight is 338 g/mol. The molecule has 0 aliphatic carbocycles. The molecule has 118 valence electrons. The molecule has 1 aliphatic heterocycles. The Morgan fingerprint density at radius 2 is 2.38 bits per heavy atom. The van der Waals surface area contributed by atoms with Gasteiger partial charge in [0.1, 0.15) is 4.21 Å². The molecule has 10 nitrogen and oxygen atoms in total. The van der Waals surface area contributed by atoms with Crippen molar-refractivity contribution in [3.8, 4) is 0 Å². The summed E-state index contributed by atoms with van der Waals surface area (Å²) < 4.78 is 31.1. The van der Waals surface area contributed by atoms with Gasteiger partial charge in [-0.05, 0) is 0 Å². The molecule has 1 atom stereocenters. The van der Waals surface area contributed by atoms with Gasteiger partial charge in [-0.15, -0.1) is 0 Å². The highest BCUT2D eigenvalue weighted by molar-refractivity contribution is 7.91. The maximum absolute atomic E-state index is 12.5.